The van der Waals surface area contributed by atoms with Crippen molar-refractivity contribution in [1.82, 2.24) is 40.3 Å². The quantitative estimate of drug-likeness (QED) is 0.0788. The van der Waals surface area contributed by atoms with E-state index in [0.717, 1.165) is 38.2 Å². The summed E-state index contributed by atoms with van der Waals surface area (Å²) < 4.78 is 34.2. The van der Waals surface area contributed by atoms with Gasteiger partial charge in [0.05, 0.1) is 54.4 Å². The number of fused-ring (bicyclic) bond motifs is 1. The highest BCUT2D eigenvalue weighted by atomic mass is 32.1. The Morgan fingerprint density at radius 3 is 2.42 bits per heavy atom. The molecule has 378 valence electrons. The number of nitrogens with one attached hydrogen (secondary N) is 3. The van der Waals surface area contributed by atoms with E-state index >= 15 is 0 Å². The second-order valence-electron chi connectivity index (χ2n) is 19.9. The number of carbonyl (C=O) groups excluding carboxylic acids is 4. The molecule has 3 fully saturated rings. The van der Waals surface area contributed by atoms with Gasteiger partial charge in [-0.05, 0) is 73.2 Å². The molecule has 3 unspecified atom stereocenters. The van der Waals surface area contributed by atoms with Crippen LogP contribution < -0.4 is 35.7 Å². The minimum Gasteiger partial charge on any atom is -0.496 e. The SMILES string of the molecule is COc1cc(-c2cn(C)c(=O)c3cnccc23)c(OC)cc1CN1CC(NC(=O)CCCCOc2cc(-c3scnc3C)ccc2CNC(=O)C2CC(O)CN2C(=O)C(NC(=O)C2(F)CC2)C(C)(C)C)C1. The minimum absolute atomic E-state index is 0.00176. The lowest BCUT2D eigenvalue weighted by molar-refractivity contribution is -0.145. The van der Waals surface area contributed by atoms with Crippen molar-refractivity contribution >= 4 is 45.7 Å². The number of halogens is 1. The summed E-state index contributed by atoms with van der Waals surface area (Å²) in [6, 6.07) is 9.32. The summed E-state index contributed by atoms with van der Waals surface area (Å²) in [4.78, 5) is 79.4. The van der Waals surface area contributed by atoms with Crippen LogP contribution in [0.3, 0.4) is 0 Å². The zero-order valence-corrected chi connectivity index (χ0v) is 42.1. The number of methoxy groups -OCH3 is 2. The summed E-state index contributed by atoms with van der Waals surface area (Å²) in [7, 11) is 4.95. The number of aliphatic hydroxyl groups excluding tert-OH is 1. The number of likely N-dealkylation sites (tertiary alicyclic amines) is 2. The zero-order chi connectivity index (χ0) is 50.8. The molecule has 1 aliphatic carbocycles. The van der Waals surface area contributed by atoms with Gasteiger partial charge in [0.15, 0.2) is 5.67 Å². The summed E-state index contributed by atoms with van der Waals surface area (Å²) in [6.45, 7) is 9.39. The van der Waals surface area contributed by atoms with Crippen molar-refractivity contribution < 1.29 is 42.9 Å². The van der Waals surface area contributed by atoms with Crippen molar-refractivity contribution in [3.63, 3.8) is 0 Å². The van der Waals surface area contributed by atoms with Gasteiger partial charge >= 0.3 is 0 Å². The Morgan fingerprint density at radius 2 is 1.73 bits per heavy atom. The fraction of sp³-hybridized carbons (Fsp3) is 0.481. The number of aryl methyl sites for hydroxylation is 2. The molecular weight excluding hydrogens is 932 g/mol. The minimum atomic E-state index is -1.98. The fourth-order valence-corrected chi connectivity index (χ4v) is 10.1. The largest absolute Gasteiger partial charge is 0.496 e. The first-order chi connectivity index (χ1) is 33.9. The number of hydrogen-bond acceptors (Lipinski definition) is 13. The highest BCUT2D eigenvalue weighted by molar-refractivity contribution is 7.13. The van der Waals surface area contributed by atoms with Crippen LogP contribution in [0.5, 0.6) is 17.2 Å². The van der Waals surface area contributed by atoms with Gasteiger partial charge in [0.25, 0.3) is 11.5 Å². The standard InChI is InChI=1S/C52H63FN8O9S/c1-30-45(71-29-56-30)31-11-12-32(22-55-47(64)40-20-35(62)27-61(40)49(66)46(51(2,3)4)58-50(67)52(53)14-15-52)42(18-31)70-17-9-8-10-44(63)57-34-25-60(26-34)24-33-19-43(69-7)37(21-41(33)68-6)39-28-59(5)48(65)38-23-54-16-13-36(38)39/h11-13,16,18-19,21,23,28-29,34-35,40,46,62H,8-10,14-15,17,20,22,24-27H2,1-7H3,(H,55,64)(H,57,63)(H,58,67). The van der Waals surface area contributed by atoms with E-state index in [4.69, 9.17) is 14.2 Å². The zero-order valence-electron chi connectivity index (χ0n) is 41.3. The molecule has 4 N–H and O–H groups in total. The Bertz CT molecular complexity index is 2870. The number of ether oxygens (including phenoxy) is 3. The molecule has 19 heteroatoms. The van der Waals surface area contributed by atoms with E-state index in [0.29, 0.717) is 73.7 Å². The maximum absolute atomic E-state index is 14.7. The summed E-state index contributed by atoms with van der Waals surface area (Å²) >= 11 is 1.50. The number of alkyl halides is 1. The number of unbranched alkanes of at least 4 members (excludes halogenated alkanes) is 1. The predicted octanol–water partition coefficient (Wildman–Crippen LogP) is 5.21. The number of benzene rings is 2. The van der Waals surface area contributed by atoms with E-state index in [-0.39, 0.29) is 49.9 Å². The second-order valence-corrected chi connectivity index (χ2v) is 20.8. The highest BCUT2D eigenvalue weighted by Crippen LogP contribution is 2.41. The second kappa shape index (κ2) is 21.1. The molecule has 2 aliphatic heterocycles. The lowest BCUT2D eigenvalue weighted by atomic mass is 9.85. The molecule has 5 aromatic rings. The average Bonchev–Trinajstić information content (AvgIpc) is 3.74. The Hall–Kier alpha value is -6.44. The first-order valence-corrected chi connectivity index (χ1v) is 24.9. The van der Waals surface area contributed by atoms with Crippen LogP contribution in [0.2, 0.25) is 0 Å². The molecule has 71 heavy (non-hydrogen) atoms. The molecule has 4 amide bonds. The number of rotatable bonds is 19. The van der Waals surface area contributed by atoms with Crippen LogP contribution in [-0.4, -0.2) is 123 Å². The van der Waals surface area contributed by atoms with Crippen LogP contribution in [0.4, 0.5) is 4.39 Å². The summed E-state index contributed by atoms with van der Waals surface area (Å²) in [6.07, 6.45) is 5.77. The molecule has 5 heterocycles. The van der Waals surface area contributed by atoms with E-state index < -0.39 is 47.0 Å². The van der Waals surface area contributed by atoms with E-state index in [2.05, 4.69) is 30.8 Å². The van der Waals surface area contributed by atoms with Crippen molar-refractivity contribution in [2.45, 2.75) is 109 Å². The van der Waals surface area contributed by atoms with Crippen LogP contribution in [-0.2, 0) is 39.3 Å². The van der Waals surface area contributed by atoms with E-state index in [1.54, 1.807) is 66.1 Å². The van der Waals surface area contributed by atoms with Crippen LogP contribution in [0.25, 0.3) is 32.3 Å². The van der Waals surface area contributed by atoms with Crippen molar-refractivity contribution in [2.75, 3.05) is 40.5 Å². The number of aliphatic hydroxyl groups is 1. The summed E-state index contributed by atoms with van der Waals surface area (Å²) in [5.74, 6) is -0.0490. The summed E-state index contributed by atoms with van der Waals surface area (Å²) in [5, 5.41) is 20.6. The maximum atomic E-state index is 14.7. The smallest absolute Gasteiger partial charge is 0.259 e. The van der Waals surface area contributed by atoms with E-state index in [9.17, 15) is 33.5 Å². The highest BCUT2D eigenvalue weighted by Gasteiger charge is 2.53. The van der Waals surface area contributed by atoms with Gasteiger partial charge < -0.3 is 44.7 Å². The number of nitrogens with zero attached hydrogens (tertiary/aromatic N) is 5. The lowest BCUT2D eigenvalue weighted by Gasteiger charge is -2.39. The molecule has 3 atom stereocenters. The maximum Gasteiger partial charge on any atom is 0.259 e. The number of hydrogen-bond donors (Lipinski definition) is 4. The molecule has 2 saturated heterocycles. The van der Waals surface area contributed by atoms with E-state index in [1.807, 2.05) is 43.3 Å². The first kappa shape index (κ1) is 50.9. The molecule has 0 radical (unpaired) electrons. The molecule has 17 nitrogen and oxygen atoms in total. The van der Waals surface area contributed by atoms with E-state index in [1.165, 1.54) is 20.8 Å². The van der Waals surface area contributed by atoms with Crippen molar-refractivity contribution in [2.24, 2.45) is 12.5 Å². The van der Waals surface area contributed by atoms with Crippen molar-refractivity contribution in [1.29, 1.82) is 0 Å². The molecule has 8 rings (SSSR count). The summed E-state index contributed by atoms with van der Waals surface area (Å²) in [5.41, 5.74) is 3.86. The molecule has 3 aliphatic rings. The monoisotopic (exact) mass is 994 g/mol. The van der Waals surface area contributed by atoms with Crippen LogP contribution >= 0.6 is 11.3 Å². The number of aromatic nitrogens is 3. The number of β-amino-alcohol motifs (C(OH)–C–C–N with tert-alkyl or cyclic N) is 1. The van der Waals surface area contributed by atoms with Gasteiger partial charge in [-0.25, -0.2) is 9.37 Å². The number of thiazole rings is 1. The first-order valence-electron chi connectivity index (χ1n) is 24.0. The molecule has 1 saturated carbocycles. The van der Waals surface area contributed by atoms with Gasteiger partial charge in [0.1, 0.15) is 29.3 Å². The van der Waals surface area contributed by atoms with Crippen LogP contribution in [0, 0.1) is 12.3 Å². The number of pyridine rings is 2. The Labute approximate surface area is 416 Å². The van der Waals surface area contributed by atoms with Crippen molar-refractivity contribution in [3.8, 4) is 38.8 Å². The third kappa shape index (κ3) is 11.4. The van der Waals surface area contributed by atoms with Gasteiger partial charge in [-0.1, -0.05) is 32.9 Å². The van der Waals surface area contributed by atoms with Gasteiger partial charge in [0, 0.05) is 93.5 Å². The average molecular weight is 995 g/mol. The molecule has 3 aromatic heterocycles. The third-order valence-electron chi connectivity index (χ3n) is 13.5. The Morgan fingerprint density at radius 1 is 0.972 bits per heavy atom. The topological polar surface area (TPSA) is 207 Å². The Kier molecular flexibility index (Phi) is 15.1. The lowest BCUT2D eigenvalue weighted by Crippen LogP contribution is -2.59. The van der Waals surface area contributed by atoms with Gasteiger partial charge in [-0.2, -0.15) is 0 Å². The molecule has 2 aromatic carbocycles. The predicted molar refractivity (Wildman–Crippen MR) is 267 cm³/mol. The normalized spacial score (nSPS) is 18.1. The number of amides is 4. The van der Waals surface area contributed by atoms with Crippen molar-refractivity contribution in [3.05, 3.63) is 87.7 Å². The van der Waals surface area contributed by atoms with Crippen LogP contribution in [0.15, 0.2) is 65.3 Å². The molecule has 0 spiro atoms. The van der Waals surface area contributed by atoms with Gasteiger partial charge in [0.2, 0.25) is 17.7 Å². The van der Waals surface area contributed by atoms with Gasteiger partial charge in [-0.3, -0.25) is 33.9 Å². The van der Waals surface area contributed by atoms with Crippen LogP contribution in [0.1, 0.15) is 76.1 Å². The molecular formula is C52H63FN8O9S. The fourth-order valence-electron chi connectivity index (χ4n) is 9.29. The Balaban J connectivity index is 0.834. The third-order valence-corrected chi connectivity index (χ3v) is 14.5. The number of carbonyl (C=O) groups is 4. The van der Waals surface area contributed by atoms with Gasteiger partial charge in [-0.15, -0.1) is 11.3 Å². The molecule has 0 bridgehead atoms.